The lowest BCUT2D eigenvalue weighted by Crippen LogP contribution is -2.29. The van der Waals surface area contributed by atoms with Gasteiger partial charge >= 0.3 is 5.97 Å². The predicted octanol–water partition coefficient (Wildman–Crippen LogP) is 2.98. The van der Waals surface area contributed by atoms with Crippen LogP contribution in [0.1, 0.15) is 24.0 Å². The molecule has 0 spiro atoms. The molecule has 0 saturated carbocycles. The second-order valence-corrected chi connectivity index (χ2v) is 4.95. The number of rotatable bonds is 6. The van der Waals surface area contributed by atoms with Gasteiger partial charge in [0.05, 0.1) is 6.42 Å². The smallest absolute Gasteiger partial charge is 0.306 e. The minimum absolute atomic E-state index is 0.288. The van der Waals surface area contributed by atoms with Crippen LogP contribution in [0.2, 0.25) is 0 Å². The van der Waals surface area contributed by atoms with Gasteiger partial charge in [-0.05, 0) is 24.0 Å². The van der Waals surface area contributed by atoms with Gasteiger partial charge in [-0.1, -0.05) is 60.7 Å². The Kier molecular flexibility index (Phi) is 4.53. The maximum atomic E-state index is 11.0. The van der Waals surface area contributed by atoms with Crippen LogP contribution in [-0.2, 0) is 16.8 Å². The normalized spacial score (nSPS) is 13.7. The first-order valence-electron chi connectivity index (χ1n) is 6.64. The molecule has 0 heterocycles. The number of hydrogen-bond acceptors (Lipinski definition) is 2. The molecule has 2 aromatic rings. The highest BCUT2D eigenvalue weighted by Gasteiger charge is 2.31. The summed E-state index contributed by atoms with van der Waals surface area (Å²) < 4.78 is 0. The van der Waals surface area contributed by atoms with E-state index in [0.717, 1.165) is 5.56 Å². The molecule has 0 aliphatic rings. The fourth-order valence-electron chi connectivity index (χ4n) is 2.33. The second kappa shape index (κ2) is 6.35. The maximum absolute atomic E-state index is 11.0. The van der Waals surface area contributed by atoms with Crippen LogP contribution in [-0.4, -0.2) is 16.2 Å². The highest BCUT2D eigenvalue weighted by Crippen LogP contribution is 2.30. The van der Waals surface area contributed by atoms with Crippen LogP contribution in [0, 0.1) is 0 Å². The van der Waals surface area contributed by atoms with E-state index in [1.807, 2.05) is 48.5 Å². The monoisotopic (exact) mass is 270 g/mol. The summed E-state index contributed by atoms with van der Waals surface area (Å²) in [6.07, 6.45) is 0.733. The third kappa shape index (κ3) is 3.68. The molecule has 20 heavy (non-hydrogen) atoms. The Bertz CT molecular complexity index is 551. The number of aliphatic carboxylic acids is 1. The Morgan fingerprint density at radius 3 is 2.05 bits per heavy atom. The number of benzene rings is 2. The maximum Gasteiger partial charge on any atom is 0.306 e. The third-order valence-electron chi connectivity index (χ3n) is 3.42. The lowest BCUT2D eigenvalue weighted by molar-refractivity contribution is -0.143. The van der Waals surface area contributed by atoms with E-state index in [1.54, 1.807) is 12.1 Å². The summed E-state index contributed by atoms with van der Waals surface area (Å²) in [5.74, 6) is -0.996. The molecule has 2 aromatic carbocycles. The van der Waals surface area contributed by atoms with Crippen LogP contribution in [0.4, 0.5) is 0 Å². The van der Waals surface area contributed by atoms with Gasteiger partial charge in [-0.3, -0.25) is 4.79 Å². The van der Waals surface area contributed by atoms with Crippen molar-refractivity contribution < 1.29 is 15.0 Å². The van der Waals surface area contributed by atoms with Crippen LogP contribution >= 0.6 is 0 Å². The first-order valence-corrected chi connectivity index (χ1v) is 6.64. The van der Waals surface area contributed by atoms with Gasteiger partial charge in [0.1, 0.15) is 5.60 Å². The highest BCUT2D eigenvalue weighted by atomic mass is 16.4. The molecule has 0 fully saturated rings. The van der Waals surface area contributed by atoms with Crippen molar-refractivity contribution in [1.29, 1.82) is 0 Å². The zero-order chi connectivity index (χ0) is 14.4. The molecule has 0 aliphatic heterocycles. The second-order valence-electron chi connectivity index (χ2n) is 4.95. The topological polar surface area (TPSA) is 57.5 Å². The quantitative estimate of drug-likeness (QED) is 0.848. The number of aliphatic hydroxyl groups is 1. The number of hydrogen-bond donors (Lipinski definition) is 2. The van der Waals surface area contributed by atoms with Gasteiger partial charge in [0, 0.05) is 0 Å². The first kappa shape index (κ1) is 14.3. The fraction of sp³-hybridized carbons (Fsp3) is 0.235. The summed E-state index contributed by atoms with van der Waals surface area (Å²) in [4.78, 5) is 11.0. The molecule has 3 nitrogen and oxygen atoms in total. The third-order valence-corrected chi connectivity index (χ3v) is 3.42. The summed E-state index contributed by atoms with van der Waals surface area (Å²) >= 11 is 0. The Hall–Kier alpha value is -2.13. The van der Waals surface area contributed by atoms with Crippen LogP contribution in [0.5, 0.6) is 0 Å². The van der Waals surface area contributed by atoms with Gasteiger partial charge in [-0.2, -0.15) is 0 Å². The van der Waals surface area contributed by atoms with Crippen molar-refractivity contribution in [1.82, 2.24) is 0 Å². The van der Waals surface area contributed by atoms with E-state index >= 15 is 0 Å². The Morgan fingerprint density at radius 2 is 1.50 bits per heavy atom. The number of carboxylic acid groups (broad SMARTS) is 1. The Labute approximate surface area is 118 Å². The summed E-state index contributed by atoms with van der Waals surface area (Å²) in [6, 6.07) is 18.8. The average molecular weight is 270 g/mol. The van der Waals surface area contributed by atoms with E-state index in [2.05, 4.69) is 0 Å². The molecule has 0 amide bonds. The molecule has 1 atom stereocenters. The molecule has 0 bridgehead atoms. The first-order chi connectivity index (χ1) is 9.60. The minimum atomic E-state index is -1.33. The van der Waals surface area contributed by atoms with Gasteiger partial charge < -0.3 is 10.2 Å². The van der Waals surface area contributed by atoms with Gasteiger partial charge in [0.25, 0.3) is 0 Å². The Morgan fingerprint density at radius 1 is 0.950 bits per heavy atom. The van der Waals surface area contributed by atoms with Gasteiger partial charge in [0.15, 0.2) is 0 Å². The molecule has 3 heteroatoms. The van der Waals surface area contributed by atoms with E-state index in [4.69, 9.17) is 5.11 Å². The van der Waals surface area contributed by atoms with Crippen LogP contribution in [0.3, 0.4) is 0 Å². The van der Waals surface area contributed by atoms with Crippen LogP contribution in [0.15, 0.2) is 60.7 Å². The average Bonchev–Trinajstić information content (AvgIpc) is 2.47. The molecule has 0 aromatic heterocycles. The van der Waals surface area contributed by atoms with Gasteiger partial charge in [-0.25, -0.2) is 0 Å². The lowest BCUT2D eigenvalue weighted by atomic mass is 9.85. The van der Waals surface area contributed by atoms with E-state index in [9.17, 15) is 9.90 Å². The van der Waals surface area contributed by atoms with Gasteiger partial charge in [0.2, 0.25) is 0 Å². The Balaban J connectivity index is 2.17. The largest absolute Gasteiger partial charge is 0.481 e. The molecule has 0 radical (unpaired) electrons. The number of aryl methyl sites for hydroxylation is 1. The number of carbonyl (C=O) groups is 1. The van der Waals surface area contributed by atoms with Crippen molar-refractivity contribution >= 4 is 5.97 Å². The van der Waals surface area contributed by atoms with Crippen LogP contribution < -0.4 is 0 Å². The highest BCUT2D eigenvalue weighted by molar-refractivity contribution is 5.68. The molecule has 1 unspecified atom stereocenters. The molecule has 104 valence electrons. The molecular formula is C17H18O3. The molecule has 2 rings (SSSR count). The number of carboxylic acids is 1. The van der Waals surface area contributed by atoms with Crippen molar-refractivity contribution in [3.8, 4) is 0 Å². The van der Waals surface area contributed by atoms with Crippen molar-refractivity contribution in [2.24, 2.45) is 0 Å². The molecule has 0 aliphatic carbocycles. The van der Waals surface area contributed by atoms with Crippen molar-refractivity contribution in [2.75, 3.05) is 0 Å². The zero-order valence-corrected chi connectivity index (χ0v) is 11.2. The van der Waals surface area contributed by atoms with E-state index < -0.39 is 11.6 Å². The van der Waals surface area contributed by atoms with E-state index in [1.165, 1.54) is 0 Å². The van der Waals surface area contributed by atoms with Crippen molar-refractivity contribution in [3.63, 3.8) is 0 Å². The van der Waals surface area contributed by atoms with E-state index in [0.29, 0.717) is 18.4 Å². The molecule has 2 N–H and O–H groups in total. The summed E-state index contributed by atoms with van der Waals surface area (Å²) in [5.41, 5.74) is 0.411. The minimum Gasteiger partial charge on any atom is -0.481 e. The SMILES string of the molecule is O=C(O)CC(O)(CCc1ccccc1)c1ccccc1. The lowest BCUT2D eigenvalue weighted by Gasteiger charge is -2.27. The molecular weight excluding hydrogens is 252 g/mol. The van der Waals surface area contributed by atoms with Crippen molar-refractivity contribution in [2.45, 2.75) is 24.9 Å². The summed E-state index contributed by atoms with van der Waals surface area (Å²) in [5, 5.41) is 19.8. The fourth-order valence-corrected chi connectivity index (χ4v) is 2.33. The summed E-state index contributed by atoms with van der Waals surface area (Å²) in [7, 11) is 0. The van der Waals surface area contributed by atoms with Crippen LogP contribution in [0.25, 0.3) is 0 Å². The standard InChI is InChI=1S/C17H18O3/c18-16(19)13-17(20,15-9-5-2-6-10-15)12-11-14-7-3-1-4-8-14/h1-10,20H,11-13H2,(H,18,19). The molecule has 0 saturated heterocycles. The van der Waals surface area contributed by atoms with Gasteiger partial charge in [-0.15, -0.1) is 0 Å². The predicted molar refractivity (Wildman–Crippen MR) is 77.4 cm³/mol. The van der Waals surface area contributed by atoms with E-state index in [-0.39, 0.29) is 6.42 Å². The summed E-state index contributed by atoms with van der Waals surface area (Å²) in [6.45, 7) is 0. The van der Waals surface area contributed by atoms with Crippen molar-refractivity contribution in [3.05, 3.63) is 71.8 Å². The zero-order valence-electron chi connectivity index (χ0n) is 11.2.